The van der Waals surface area contributed by atoms with Crippen molar-refractivity contribution in [3.8, 4) is 0 Å². The van der Waals surface area contributed by atoms with Crippen LogP contribution in [0.4, 0.5) is 0 Å². The first kappa shape index (κ1) is 20.8. The molecule has 0 saturated heterocycles. The average molecular weight is 378 g/mol. The molecule has 0 spiro atoms. The third-order valence-corrected chi connectivity index (χ3v) is 3.76. The SMILES string of the molecule is O=S(=O)([O-])c1ccccc1.O=S(=O)([O-])c1ccccc1.[O]=[Ti+2]. The van der Waals surface area contributed by atoms with E-state index >= 15 is 0 Å². The van der Waals surface area contributed by atoms with Crippen LogP contribution in [0.25, 0.3) is 0 Å². The van der Waals surface area contributed by atoms with E-state index in [-0.39, 0.29) is 9.79 Å². The van der Waals surface area contributed by atoms with Crippen molar-refractivity contribution < 1.29 is 49.7 Å². The van der Waals surface area contributed by atoms with Crippen molar-refractivity contribution in [1.82, 2.24) is 0 Å². The van der Waals surface area contributed by atoms with Gasteiger partial charge in [0.15, 0.2) is 0 Å². The van der Waals surface area contributed by atoms with Gasteiger partial charge in [0.05, 0.1) is 9.79 Å². The molecule has 7 nitrogen and oxygen atoms in total. The van der Waals surface area contributed by atoms with Crippen LogP contribution < -0.4 is 0 Å². The van der Waals surface area contributed by atoms with Crippen LogP contribution in [0.1, 0.15) is 0 Å². The molecule has 0 fully saturated rings. The van der Waals surface area contributed by atoms with E-state index in [2.05, 4.69) is 0 Å². The second-order valence-electron chi connectivity index (χ2n) is 3.53. The van der Waals surface area contributed by atoms with E-state index < -0.39 is 20.2 Å². The summed E-state index contributed by atoms with van der Waals surface area (Å²) in [6.45, 7) is 0. The fourth-order valence-electron chi connectivity index (χ4n) is 1.17. The fraction of sp³-hybridized carbons (Fsp3) is 0. The molecule has 0 N–H and O–H groups in total. The molecule has 0 aliphatic carbocycles. The summed E-state index contributed by atoms with van der Waals surface area (Å²) in [5, 5.41) is 0. The number of hydrogen-bond acceptors (Lipinski definition) is 7. The van der Waals surface area contributed by atoms with Gasteiger partial charge in [0.25, 0.3) is 0 Å². The third-order valence-electron chi connectivity index (χ3n) is 2.06. The molecule has 10 heteroatoms. The van der Waals surface area contributed by atoms with Crippen LogP contribution in [0, 0.1) is 0 Å². The number of hydrogen-bond donors (Lipinski definition) is 0. The van der Waals surface area contributed by atoms with Crippen LogP contribution >= 0.6 is 0 Å². The van der Waals surface area contributed by atoms with Gasteiger partial charge in [-0.25, -0.2) is 16.8 Å². The van der Waals surface area contributed by atoms with Gasteiger partial charge in [-0.05, 0) is 24.3 Å². The van der Waals surface area contributed by atoms with Gasteiger partial charge in [0, 0.05) is 0 Å². The summed E-state index contributed by atoms with van der Waals surface area (Å²) in [6.07, 6.45) is 0. The van der Waals surface area contributed by atoms with E-state index in [1.165, 1.54) is 48.5 Å². The zero-order valence-electron chi connectivity index (χ0n) is 10.9. The maximum atomic E-state index is 10.3. The molecule has 116 valence electrons. The van der Waals surface area contributed by atoms with Gasteiger partial charge in [-0.2, -0.15) is 0 Å². The predicted molar refractivity (Wildman–Crippen MR) is 69.5 cm³/mol. The summed E-state index contributed by atoms with van der Waals surface area (Å²) in [6, 6.07) is 14.4. The maximum absolute atomic E-state index is 10.3. The topological polar surface area (TPSA) is 131 Å². The summed E-state index contributed by atoms with van der Waals surface area (Å²) in [7, 11) is -8.51. The van der Waals surface area contributed by atoms with Crippen molar-refractivity contribution in [3.63, 3.8) is 0 Å². The Morgan fingerprint density at radius 3 is 0.955 bits per heavy atom. The van der Waals surface area contributed by atoms with Crippen molar-refractivity contribution in [1.29, 1.82) is 0 Å². The van der Waals surface area contributed by atoms with Crippen LogP contribution in [-0.2, 0) is 44.0 Å². The van der Waals surface area contributed by atoms with Gasteiger partial charge >= 0.3 is 23.7 Å². The first-order valence-corrected chi connectivity index (χ1v) is 8.89. The molecule has 0 bridgehead atoms. The Labute approximate surface area is 140 Å². The Morgan fingerprint density at radius 1 is 0.591 bits per heavy atom. The molecule has 0 heterocycles. The quantitative estimate of drug-likeness (QED) is 0.564. The van der Waals surface area contributed by atoms with E-state index in [0.29, 0.717) is 0 Å². The molecule has 2 aromatic carbocycles. The molecule has 0 radical (unpaired) electrons. The van der Waals surface area contributed by atoms with Crippen LogP contribution in [0.3, 0.4) is 0 Å². The van der Waals surface area contributed by atoms with Gasteiger partial charge in [0.1, 0.15) is 20.2 Å². The Balaban J connectivity index is 0.000000360. The fourth-order valence-corrected chi connectivity index (χ4v) is 2.16. The predicted octanol–water partition coefficient (Wildman–Crippen LogP) is 1.06. The second kappa shape index (κ2) is 9.72. The summed E-state index contributed by atoms with van der Waals surface area (Å²) in [5.74, 6) is 0. The zero-order chi connectivity index (χ0) is 17.2. The monoisotopic (exact) mass is 378 g/mol. The Hall–Kier alpha value is -1.23. The number of rotatable bonds is 2. The van der Waals surface area contributed by atoms with E-state index in [0.717, 1.165) is 20.4 Å². The summed E-state index contributed by atoms with van der Waals surface area (Å²) < 4.78 is 69.9. The van der Waals surface area contributed by atoms with Gasteiger partial charge < -0.3 is 9.11 Å². The molecule has 0 amide bonds. The average Bonchev–Trinajstić information content (AvgIpc) is 2.50. The first-order chi connectivity index (χ1) is 10.2. The van der Waals surface area contributed by atoms with E-state index in [1.807, 2.05) is 0 Å². The molecule has 0 aliphatic rings. The molecule has 2 aromatic rings. The van der Waals surface area contributed by atoms with Crippen molar-refractivity contribution in [2.24, 2.45) is 0 Å². The van der Waals surface area contributed by atoms with E-state index in [9.17, 15) is 25.9 Å². The molecule has 0 unspecified atom stereocenters. The van der Waals surface area contributed by atoms with Crippen molar-refractivity contribution >= 4 is 20.2 Å². The number of benzene rings is 2. The van der Waals surface area contributed by atoms with E-state index in [4.69, 9.17) is 3.32 Å². The van der Waals surface area contributed by atoms with Crippen molar-refractivity contribution in [3.05, 3.63) is 60.7 Å². The molecule has 22 heavy (non-hydrogen) atoms. The third kappa shape index (κ3) is 8.27. The van der Waals surface area contributed by atoms with E-state index in [1.54, 1.807) is 12.1 Å². The summed E-state index contributed by atoms with van der Waals surface area (Å²) in [5.41, 5.74) is 0. The molecule has 0 saturated carbocycles. The normalized spacial score (nSPS) is 10.5. The Bertz CT molecular complexity index is 692. The standard InChI is InChI=1S/2C6H6O3S.O.Ti/c2*7-10(8,9)6-4-2-1-3-5-6;;/h2*1-5H,(H,7,8,9);;/q;;;+2/p-2. The van der Waals surface area contributed by atoms with Crippen molar-refractivity contribution in [2.75, 3.05) is 0 Å². The van der Waals surface area contributed by atoms with Crippen LogP contribution in [-0.4, -0.2) is 25.9 Å². The van der Waals surface area contributed by atoms with Crippen molar-refractivity contribution in [2.45, 2.75) is 9.79 Å². The molecular weight excluding hydrogens is 368 g/mol. The van der Waals surface area contributed by atoms with Crippen LogP contribution in [0.15, 0.2) is 70.5 Å². The zero-order valence-corrected chi connectivity index (χ0v) is 14.1. The van der Waals surface area contributed by atoms with Gasteiger partial charge in [-0.1, -0.05) is 36.4 Å². The second-order valence-corrected chi connectivity index (χ2v) is 6.29. The Kier molecular flexibility index (Phi) is 9.18. The van der Waals surface area contributed by atoms with Gasteiger partial charge in [0.2, 0.25) is 0 Å². The minimum absolute atomic E-state index is 0.185. The molecule has 0 aromatic heterocycles. The van der Waals surface area contributed by atoms with Crippen LogP contribution in [0.5, 0.6) is 0 Å². The van der Waals surface area contributed by atoms with Gasteiger partial charge in [-0.3, -0.25) is 0 Å². The first-order valence-electron chi connectivity index (χ1n) is 5.43. The van der Waals surface area contributed by atoms with Gasteiger partial charge in [-0.15, -0.1) is 0 Å². The molecular formula is C12H10O7S2Ti. The molecule has 0 atom stereocenters. The summed E-state index contributed by atoms with van der Waals surface area (Å²) >= 11 is 0.750. The minimum atomic E-state index is -4.25. The Morgan fingerprint density at radius 2 is 0.818 bits per heavy atom. The summed E-state index contributed by atoms with van der Waals surface area (Å²) in [4.78, 5) is -0.370. The van der Waals surface area contributed by atoms with Crippen LogP contribution in [0.2, 0.25) is 0 Å². The molecule has 0 aliphatic heterocycles. The molecule has 2 rings (SSSR count).